The molecule has 0 heterocycles. The maximum Gasteiger partial charge on any atom is 0.264 e. The molecule has 0 saturated heterocycles. The molecule has 0 aromatic heterocycles. The molecule has 140 valence electrons. The maximum absolute atomic E-state index is 12.7. The van der Waals surface area contributed by atoms with Crippen molar-refractivity contribution < 1.29 is 18.0 Å². The van der Waals surface area contributed by atoms with Crippen LogP contribution in [0.5, 0.6) is 0 Å². The Morgan fingerprint density at radius 3 is 2.19 bits per heavy atom. The van der Waals surface area contributed by atoms with E-state index in [0.717, 1.165) is 10.9 Å². The molecule has 26 heavy (non-hydrogen) atoms. The summed E-state index contributed by atoms with van der Waals surface area (Å²) in [5.74, 6) is -0.118. The SMILES string of the molecule is CCN(CCc1ccccc1)C(=O)c1ccc(S(=O)(=O)N(C)OC)cc1. The van der Waals surface area contributed by atoms with Crippen LogP contribution in [0.4, 0.5) is 0 Å². The molecule has 1 amide bonds. The molecule has 0 atom stereocenters. The Morgan fingerprint density at radius 2 is 1.65 bits per heavy atom. The van der Waals surface area contributed by atoms with E-state index >= 15 is 0 Å². The van der Waals surface area contributed by atoms with E-state index in [9.17, 15) is 13.2 Å². The third-order valence-corrected chi connectivity index (χ3v) is 5.87. The average Bonchev–Trinajstić information content (AvgIpc) is 2.68. The van der Waals surface area contributed by atoms with Crippen LogP contribution in [0.2, 0.25) is 0 Å². The summed E-state index contributed by atoms with van der Waals surface area (Å²) in [6.45, 7) is 3.11. The molecule has 2 aromatic carbocycles. The second-order valence-corrected chi connectivity index (χ2v) is 7.68. The molecule has 6 nitrogen and oxygen atoms in total. The minimum Gasteiger partial charge on any atom is -0.339 e. The topological polar surface area (TPSA) is 66.9 Å². The van der Waals surface area contributed by atoms with Gasteiger partial charge in [-0.25, -0.2) is 8.42 Å². The van der Waals surface area contributed by atoms with Crippen LogP contribution < -0.4 is 0 Å². The van der Waals surface area contributed by atoms with E-state index in [1.165, 1.54) is 44.0 Å². The van der Waals surface area contributed by atoms with Crippen LogP contribution in [-0.4, -0.2) is 50.9 Å². The van der Waals surface area contributed by atoms with Crippen molar-refractivity contribution in [1.29, 1.82) is 0 Å². The zero-order valence-electron chi connectivity index (χ0n) is 15.3. The smallest absolute Gasteiger partial charge is 0.264 e. The summed E-state index contributed by atoms with van der Waals surface area (Å²) in [7, 11) is -1.12. The number of rotatable bonds is 8. The van der Waals surface area contributed by atoms with Crippen LogP contribution in [0, 0.1) is 0 Å². The average molecular weight is 376 g/mol. The monoisotopic (exact) mass is 376 g/mol. The van der Waals surface area contributed by atoms with Gasteiger partial charge in [0.1, 0.15) is 0 Å². The van der Waals surface area contributed by atoms with Crippen molar-refractivity contribution in [1.82, 2.24) is 9.37 Å². The van der Waals surface area contributed by atoms with Gasteiger partial charge in [0.05, 0.1) is 12.0 Å². The number of nitrogens with zero attached hydrogens (tertiary/aromatic N) is 2. The van der Waals surface area contributed by atoms with Gasteiger partial charge in [0.15, 0.2) is 0 Å². The number of carbonyl (C=O) groups excluding carboxylic acids is 1. The van der Waals surface area contributed by atoms with Crippen LogP contribution in [0.25, 0.3) is 0 Å². The lowest BCUT2D eigenvalue weighted by Gasteiger charge is -2.21. The van der Waals surface area contributed by atoms with Gasteiger partial charge in [-0.15, -0.1) is 0 Å². The van der Waals surface area contributed by atoms with Crippen LogP contribution in [0.15, 0.2) is 59.5 Å². The van der Waals surface area contributed by atoms with Gasteiger partial charge in [0, 0.05) is 25.7 Å². The molecule has 0 aliphatic rings. The van der Waals surface area contributed by atoms with E-state index < -0.39 is 10.0 Å². The largest absolute Gasteiger partial charge is 0.339 e. The second kappa shape index (κ2) is 8.93. The first-order valence-electron chi connectivity index (χ1n) is 8.36. The molecule has 0 aliphatic carbocycles. The molecule has 0 unspecified atom stereocenters. The van der Waals surface area contributed by atoms with Crippen molar-refractivity contribution in [2.24, 2.45) is 0 Å². The lowest BCUT2D eigenvalue weighted by atomic mass is 10.1. The third kappa shape index (κ3) is 4.69. The van der Waals surface area contributed by atoms with E-state index in [4.69, 9.17) is 4.84 Å². The highest BCUT2D eigenvalue weighted by Crippen LogP contribution is 2.16. The molecule has 0 spiro atoms. The predicted molar refractivity (Wildman–Crippen MR) is 100 cm³/mol. The minimum absolute atomic E-state index is 0.0748. The van der Waals surface area contributed by atoms with E-state index in [0.29, 0.717) is 18.7 Å². The van der Waals surface area contributed by atoms with Crippen LogP contribution >= 0.6 is 0 Å². The minimum atomic E-state index is -3.72. The zero-order chi connectivity index (χ0) is 19.2. The third-order valence-electron chi connectivity index (χ3n) is 4.18. The second-order valence-electron chi connectivity index (χ2n) is 5.74. The number of amides is 1. The number of carbonyl (C=O) groups is 1. The van der Waals surface area contributed by atoms with Crippen molar-refractivity contribution in [2.45, 2.75) is 18.2 Å². The summed E-state index contributed by atoms with van der Waals surface area (Å²) in [6.07, 6.45) is 0.769. The molecule has 0 N–H and O–H groups in total. The Balaban J connectivity index is 2.10. The van der Waals surface area contributed by atoms with Crippen LogP contribution in [0.3, 0.4) is 0 Å². The van der Waals surface area contributed by atoms with Gasteiger partial charge in [-0.1, -0.05) is 34.8 Å². The number of hydrogen-bond acceptors (Lipinski definition) is 4. The Labute approximate surface area is 155 Å². The molecule has 2 rings (SSSR count). The van der Waals surface area contributed by atoms with Gasteiger partial charge in [-0.2, -0.15) is 0 Å². The molecular formula is C19H24N2O4S. The number of benzene rings is 2. The van der Waals surface area contributed by atoms with E-state index in [1.54, 1.807) is 4.90 Å². The quantitative estimate of drug-likeness (QED) is 0.664. The van der Waals surface area contributed by atoms with Gasteiger partial charge < -0.3 is 4.90 Å². The highest BCUT2D eigenvalue weighted by Gasteiger charge is 2.21. The fourth-order valence-corrected chi connectivity index (χ4v) is 3.48. The van der Waals surface area contributed by atoms with Crippen molar-refractivity contribution >= 4 is 15.9 Å². The number of sulfonamides is 1. The number of likely N-dealkylation sites (N-methyl/N-ethyl adjacent to an activating group) is 1. The molecule has 2 aromatic rings. The molecule has 0 radical (unpaired) electrons. The lowest BCUT2D eigenvalue weighted by Crippen LogP contribution is -2.32. The first-order valence-corrected chi connectivity index (χ1v) is 9.80. The Hall–Kier alpha value is -2.22. The predicted octanol–water partition coefficient (Wildman–Crippen LogP) is 2.57. The first-order chi connectivity index (χ1) is 12.4. The Morgan fingerprint density at radius 1 is 1.04 bits per heavy atom. The Kier molecular flexibility index (Phi) is 6.90. The molecule has 0 saturated carbocycles. The lowest BCUT2D eigenvalue weighted by molar-refractivity contribution is -0.0258. The van der Waals surface area contributed by atoms with Gasteiger partial charge in [0.2, 0.25) is 0 Å². The summed E-state index contributed by atoms with van der Waals surface area (Å²) in [5.41, 5.74) is 1.63. The van der Waals surface area contributed by atoms with Crippen molar-refractivity contribution in [2.75, 3.05) is 27.2 Å². The standard InChI is InChI=1S/C19H24N2O4S/c1-4-21(15-14-16-8-6-5-7-9-16)19(22)17-10-12-18(13-11-17)26(23,24)20(2)25-3/h5-13H,4,14-15H2,1-3H3. The summed E-state index contributed by atoms with van der Waals surface area (Å²) in [6, 6.07) is 15.9. The van der Waals surface area contributed by atoms with Crippen molar-refractivity contribution in [3.8, 4) is 0 Å². The van der Waals surface area contributed by atoms with E-state index in [-0.39, 0.29) is 10.8 Å². The normalized spacial score (nSPS) is 11.5. The highest BCUT2D eigenvalue weighted by atomic mass is 32.2. The van der Waals surface area contributed by atoms with Gasteiger partial charge >= 0.3 is 0 Å². The molecule has 0 fully saturated rings. The van der Waals surface area contributed by atoms with E-state index in [1.807, 2.05) is 37.3 Å². The fourth-order valence-electron chi connectivity index (χ4n) is 2.51. The Bertz CT molecular complexity index is 820. The van der Waals surface area contributed by atoms with Crippen LogP contribution in [0.1, 0.15) is 22.8 Å². The first kappa shape index (κ1) is 20.1. The zero-order valence-corrected chi connectivity index (χ0v) is 16.1. The van der Waals surface area contributed by atoms with Crippen LogP contribution in [-0.2, 0) is 21.3 Å². The molecule has 0 bridgehead atoms. The summed E-state index contributed by atoms with van der Waals surface area (Å²) < 4.78 is 25.2. The molecular weight excluding hydrogens is 352 g/mol. The molecule has 7 heteroatoms. The molecule has 0 aliphatic heterocycles. The highest BCUT2D eigenvalue weighted by molar-refractivity contribution is 7.89. The van der Waals surface area contributed by atoms with Crippen molar-refractivity contribution in [3.05, 3.63) is 65.7 Å². The van der Waals surface area contributed by atoms with Crippen molar-refractivity contribution in [3.63, 3.8) is 0 Å². The summed E-state index contributed by atoms with van der Waals surface area (Å²) >= 11 is 0. The van der Waals surface area contributed by atoms with Gasteiger partial charge in [-0.3, -0.25) is 9.63 Å². The number of hydrogen-bond donors (Lipinski definition) is 0. The number of hydroxylamine groups is 1. The summed E-state index contributed by atoms with van der Waals surface area (Å²) in [5, 5.41) is 0. The fraction of sp³-hybridized carbons (Fsp3) is 0.316. The maximum atomic E-state index is 12.7. The summed E-state index contributed by atoms with van der Waals surface area (Å²) in [4.78, 5) is 19.3. The van der Waals surface area contributed by atoms with Gasteiger partial charge in [-0.05, 0) is 43.2 Å². The van der Waals surface area contributed by atoms with E-state index in [2.05, 4.69) is 0 Å². The van der Waals surface area contributed by atoms with Gasteiger partial charge in [0.25, 0.3) is 15.9 Å².